The molecule has 1 aliphatic rings. The fourth-order valence-corrected chi connectivity index (χ4v) is 3.08. The quantitative estimate of drug-likeness (QED) is 0.840. The third kappa shape index (κ3) is 4.67. The number of hydrogen-bond acceptors (Lipinski definition) is 4. The van der Waals surface area contributed by atoms with E-state index < -0.39 is 21.7 Å². The predicted molar refractivity (Wildman–Crippen MR) is 80.6 cm³/mol. The summed E-state index contributed by atoms with van der Waals surface area (Å²) >= 11 is 0. The number of rotatable bonds is 6. The lowest BCUT2D eigenvalue weighted by Crippen LogP contribution is -2.42. The number of carbonyl (C=O) groups excluding carboxylic acids is 1. The number of anilines is 1. The standard InChI is InChI=1S/C14H19FN2O4S/c1-22(19,20)17(12-6-4-11(15)5-7-12)10-14(18)16-9-13-3-2-8-21-13/h4-7,13H,2-3,8-10H2,1H3,(H,16,18)/t13-/m1/s1. The Morgan fingerprint density at radius 2 is 2.09 bits per heavy atom. The molecule has 1 aliphatic heterocycles. The second-order valence-electron chi connectivity index (χ2n) is 5.19. The van der Waals surface area contributed by atoms with Crippen LogP contribution in [0.2, 0.25) is 0 Å². The second kappa shape index (κ2) is 7.06. The summed E-state index contributed by atoms with van der Waals surface area (Å²) in [5, 5.41) is 2.66. The van der Waals surface area contributed by atoms with Gasteiger partial charge in [0.05, 0.1) is 18.0 Å². The van der Waals surface area contributed by atoms with E-state index in [1.54, 1.807) is 0 Å². The van der Waals surface area contributed by atoms with Crippen LogP contribution < -0.4 is 9.62 Å². The van der Waals surface area contributed by atoms with Crippen molar-refractivity contribution in [2.75, 3.05) is 30.3 Å². The first-order chi connectivity index (χ1) is 10.4. The molecule has 122 valence electrons. The van der Waals surface area contributed by atoms with Gasteiger partial charge < -0.3 is 10.1 Å². The van der Waals surface area contributed by atoms with Crippen LogP contribution in [0, 0.1) is 5.82 Å². The Morgan fingerprint density at radius 1 is 1.41 bits per heavy atom. The minimum absolute atomic E-state index is 0.0125. The molecule has 0 aliphatic carbocycles. The fraction of sp³-hybridized carbons (Fsp3) is 0.500. The Hall–Kier alpha value is -1.67. The summed E-state index contributed by atoms with van der Waals surface area (Å²) in [6.07, 6.45) is 2.84. The summed E-state index contributed by atoms with van der Waals surface area (Å²) in [6.45, 7) is 0.697. The molecule has 0 aromatic heterocycles. The number of ether oxygens (including phenoxy) is 1. The van der Waals surface area contributed by atoms with Gasteiger partial charge in [-0.3, -0.25) is 9.10 Å². The monoisotopic (exact) mass is 330 g/mol. The van der Waals surface area contributed by atoms with E-state index in [9.17, 15) is 17.6 Å². The highest BCUT2D eigenvalue weighted by atomic mass is 32.2. The summed E-state index contributed by atoms with van der Waals surface area (Å²) in [5.41, 5.74) is 0.246. The Kier molecular flexibility index (Phi) is 5.36. The van der Waals surface area contributed by atoms with Crippen molar-refractivity contribution in [1.82, 2.24) is 5.32 Å². The van der Waals surface area contributed by atoms with Gasteiger partial charge in [-0.15, -0.1) is 0 Å². The molecular formula is C14H19FN2O4S. The van der Waals surface area contributed by atoms with Gasteiger partial charge in [0.25, 0.3) is 0 Å². The molecule has 6 nitrogen and oxygen atoms in total. The highest BCUT2D eigenvalue weighted by Crippen LogP contribution is 2.17. The van der Waals surface area contributed by atoms with Gasteiger partial charge in [-0.2, -0.15) is 0 Å². The van der Waals surface area contributed by atoms with Gasteiger partial charge in [-0.25, -0.2) is 12.8 Å². The maximum atomic E-state index is 12.9. The van der Waals surface area contributed by atoms with Crippen LogP contribution in [0.25, 0.3) is 0 Å². The van der Waals surface area contributed by atoms with E-state index in [1.807, 2.05) is 0 Å². The smallest absolute Gasteiger partial charge is 0.240 e. The van der Waals surface area contributed by atoms with Crippen LogP contribution >= 0.6 is 0 Å². The van der Waals surface area contributed by atoms with Crippen LogP contribution in [0.15, 0.2) is 24.3 Å². The molecule has 1 fully saturated rings. The molecule has 0 spiro atoms. The van der Waals surface area contributed by atoms with Crippen molar-refractivity contribution in [3.63, 3.8) is 0 Å². The predicted octanol–water partition coefficient (Wildman–Crippen LogP) is 0.887. The van der Waals surface area contributed by atoms with Crippen LogP contribution in [0.4, 0.5) is 10.1 Å². The van der Waals surface area contributed by atoms with Gasteiger partial charge in [0.2, 0.25) is 15.9 Å². The van der Waals surface area contributed by atoms with Crippen LogP contribution in [0.3, 0.4) is 0 Å². The average Bonchev–Trinajstić information content (AvgIpc) is 2.96. The summed E-state index contributed by atoms with van der Waals surface area (Å²) in [7, 11) is -3.64. The van der Waals surface area contributed by atoms with Gasteiger partial charge in [-0.1, -0.05) is 0 Å². The molecule has 1 aromatic rings. The molecule has 0 saturated carbocycles. The van der Waals surface area contributed by atoms with E-state index in [1.165, 1.54) is 12.1 Å². The topological polar surface area (TPSA) is 75.7 Å². The summed E-state index contributed by atoms with van der Waals surface area (Å²) in [4.78, 5) is 12.0. The van der Waals surface area contributed by atoms with Crippen molar-refractivity contribution in [2.24, 2.45) is 0 Å². The minimum atomic E-state index is -3.64. The van der Waals surface area contributed by atoms with E-state index in [-0.39, 0.29) is 18.3 Å². The first-order valence-corrected chi connectivity index (χ1v) is 8.82. The van der Waals surface area contributed by atoms with Crippen molar-refractivity contribution in [3.05, 3.63) is 30.1 Å². The lowest BCUT2D eigenvalue weighted by atomic mass is 10.2. The molecule has 1 saturated heterocycles. The number of nitrogens with zero attached hydrogens (tertiary/aromatic N) is 1. The number of halogens is 1. The molecular weight excluding hydrogens is 311 g/mol. The average molecular weight is 330 g/mol. The first kappa shape index (κ1) is 16.7. The third-order valence-electron chi connectivity index (χ3n) is 3.35. The number of nitrogens with one attached hydrogen (secondary N) is 1. The fourth-order valence-electron chi connectivity index (χ4n) is 2.23. The molecule has 1 atom stereocenters. The van der Waals surface area contributed by atoms with Crippen molar-refractivity contribution in [1.29, 1.82) is 0 Å². The minimum Gasteiger partial charge on any atom is -0.376 e. The van der Waals surface area contributed by atoms with E-state index in [0.29, 0.717) is 13.2 Å². The molecule has 0 bridgehead atoms. The van der Waals surface area contributed by atoms with Crippen LogP contribution in [0.1, 0.15) is 12.8 Å². The molecule has 0 unspecified atom stereocenters. The summed E-state index contributed by atoms with van der Waals surface area (Å²) < 4.78 is 42.9. The number of hydrogen-bond donors (Lipinski definition) is 1. The summed E-state index contributed by atoms with van der Waals surface area (Å²) in [5.74, 6) is -0.898. The largest absolute Gasteiger partial charge is 0.376 e. The Labute approximate surface area is 129 Å². The maximum Gasteiger partial charge on any atom is 0.240 e. The van der Waals surface area contributed by atoms with E-state index >= 15 is 0 Å². The highest BCUT2D eigenvalue weighted by molar-refractivity contribution is 7.92. The van der Waals surface area contributed by atoms with Crippen LogP contribution in [-0.4, -0.2) is 46.4 Å². The zero-order valence-electron chi connectivity index (χ0n) is 12.3. The van der Waals surface area contributed by atoms with Gasteiger partial charge in [0, 0.05) is 13.2 Å². The molecule has 1 aromatic carbocycles. The maximum absolute atomic E-state index is 12.9. The molecule has 1 amide bonds. The third-order valence-corrected chi connectivity index (χ3v) is 4.49. The zero-order valence-corrected chi connectivity index (χ0v) is 13.1. The van der Waals surface area contributed by atoms with Crippen LogP contribution in [-0.2, 0) is 19.6 Å². The molecule has 0 radical (unpaired) electrons. The number of amides is 1. The number of benzene rings is 1. The molecule has 1 heterocycles. The number of sulfonamides is 1. The second-order valence-corrected chi connectivity index (χ2v) is 7.09. The van der Waals surface area contributed by atoms with Gasteiger partial charge in [-0.05, 0) is 37.1 Å². The zero-order chi connectivity index (χ0) is 16.2. The van der Waals surface area contributed by atoms with Crippen molar-refractivity contribution >= 4 is 21.6 Å². The van der Waals surface area contributed by atoms with E-state index in [2.05, 4.69) is 5.32 Å². The van der Waals surface area contributed by atoms with Crippen molar-refractivity contribution < 1.29 is 22.3 Å². The SMILES string of the molecule is CS(=O)(=O)N(CC(=O)NC[C@H]1CCCO1)c1ccc(F)cc1. The van der Waals surface area contributed by atoms with Crippen molar-refractivity contribution in [3.8, 4) is 0 Å². The molecule has 22 heavy (non-hydrogen) atoms. The molecule has 8 heteroatoms. The lowest BCUT2D eigenvalue weighted by Gasteiger charge is -2.22. The van der Waals surface area contributed by atoms with E-state index in [0.717, 1.165) is 35.5 Å². The number of carbonyl (C=O) groups is 1. The normalized spacial score (nSPS) is 18.2. The van der Waals surface area contributed by atoms with Gasteiger partial charge in [0.1, 0.15) is 12.4 Å². The van der Waals surface area contributed by atoms with Crippen LogP contribution in [0.5, 0.6) is 0 Å². The van der Waals surface area contributed by atoms with Crippen molar-refractivity contribution in [2.45, 2.75) is 18.9 Å². The van der Waals surface area contributed by atoms with Gasteiger partial charge in [0.15, 0.2) is 0 Å². The lowest BCUT2D eigenvalue weighted by molar-refractivity contribution is -0.120. The molecule has 1 N–H and O–H groups in total. The Balaban J connectivity index is 2.00. The van der Waals surface area contributed by atoms with E-state index in [4.69, 9.17) is 4.74 Å². The molecule has 2 rings (SSSR count). The Bertz CT molecular complexity index is 612. The highest BCUT2D eigenvalue weighted by Gasteiger charge is 2.22. The summed E-state index contributed by atoms with van der Waals surface area (Å²) in [6, 6.07) is 4.95. The van der Waals surface area contributed by atoms with Gasteiger partial charge >= 0.3 is 0 Å². The first-order valence-electron chi connectivity index (χ1n) is 6.98. The Morgan fingerprint density at radius 3 is 2.64 bits per heavy atom.